The van der Waals surface area contributed by atoms with E-state index in [1.807, 2.05) is 10.9 Å². The zero-order valence-corrected chi connectivity index (χ0v) is 21.1. The van der Waals surface area contributed by atoms with Gasteiger partial charge in [0.1, 0.15) is 5.69 Å². The maximum atomic E-state index is 13.0. The largest absolute Gasteiger partial charge is 0.433 e. The molecule has 0 spiro atoms. The highest BCUT2D eigenvalue weighted by Crippen LogP contribution is 2.37. The number of aliphatic hydroxyl groups is 1. The van der Waals surface area contributed by atoms with Crippen molar-refractivity contribution >= 4 is 22.5 Å². The zero-order chi connectivity index (χ0) is 26.3. The maximum Gasteiger partial charge on any atom is 0.433 e. The molecule has 4 rings (SSSR count). The second kappa shape index (κ2) is 9.84. The number of carbonyl (C=O) groups excluding carboxylic acids is 1. The summed E-state index contributed by atoms with van der Waals surface area (Å²) in [6.45, 7) is 7.76. The first-order valence-corrected chi connectivity index (χ1v) is 12.4. The molecule has 0 aliphatic heterocycles. The molecule has 9 heteroatoms. The number of aromatic nitrogens is 3. The Kier molecular flexibility index (Phi) is 7.14. The van der Waals surface area contributed by atoms with Crippen molar-refractivity contribution < 1.29 is 23.1 Å². The van der Waals surface area contributed by atoms with Crippen molar-refractivity contribution in [3.8, 4) is 0 Å². The van der Waals surface area contributed by atoms with Crippen molar-refractivity contribution in [1.82, 2.24) is 14.8 Å². The van der Waals surface area contributed by atoms with Crippen molar-refractivity contribution in [3.63, 3.8) is 0 Å². The fourth-order valence-corrected chi connectivity index (χ4v) is 5.02. The number of hydrogen-bond acceptors (Lipinski definition) is 4. The van der Waals surface area contributed by atoms with E-state index in [-0.39, 0.29) is 12.1 Å². The first-order valence-electron chi connectivity index (χ1n) is 12.4. The predicted molar refractivity (Wildman–Crippen MR) is 132 cm³/mol. The lowest BCUT2D eigenvalue weighted by molar-refractivity contribution is -0.141. The highest BCUT2D eigenvalue weighted by molar-refractivity contribution is 5.96. The number of pyridine rings is 1. The second-order valence-electron chi connectivity index (χ2n) is 10.7. The third-order valence-corrected chi connectivity index (χ3v) is 7.09. The third kappa shape index (κ3) is 5.88. The van der Waals surface area contributed by atoms with Gasteiger partial charge in [-0.3, -0.25) is 9.48 Å². The minimum atomic E-state index is -4.58. The van der Waals surface area contributed by atoms with Gasteiger partial charge in [-0.2, -0.15) is 18.3 Å². The van der Waals surface area contributed by atoms with Gasteiger partial charge in [0.2, 0.25) is 5.91 Å². The molecule has 2 aromatic heterocycles. The zero-order valence-electron chi connectivity index (χ0n) is 21.1. The number of rotatable bonds is 6. The van der Waals surface area contributed by atoms with E-state index in [0.29, 0.717) is 23.2 Å². The van der Waals surface area contributed by atoms with Crippen LogP contribution < -0.4 is 5.32 Å². The van der Waals surface area contributed by atoms with Crippen molar-refractivity contribution in [2.75, 3.05) is 5.32 Å². The number of benzene rings is 1. The monoisotopic (exact) mass is 502 g/mol. The van der Waals surface area contributed by atoms with E-state index in [1.54, 1.807) is 26.0 Å². The molecule has 2 N–H and O–H groups in total. The van der Waals surface area contributed by atoms with Crippen molar-refractivity contribution in [3.05, 3.63) is 53.5 Å². The molecule has 1 saturated carbocycles. The molecule has 1 aliphatic rings. The molecule has 1 aliphatic carbocycles. The van der Waals surface area contributed by atoms with E-state index in [9.17, 15) is 23.1 Å². The van der Waals surface area contributed by atoms with Gasteiger partial charge in [-0.25, -0.2) is 4.98 Å². The minimum Gasteiger partial charge on any atom is -0.386 e. The minimum absolute atomic E-state index is 0.0121. The number of fused-ring (bicyclic) bond motifs is 1. The van der Waals surface area contributed by atoms with E-state index in [1.165, 1.54) is 25.0 Å². The molecule has 0 radical (unpaired) electrons. The summed E-state index contributed by atoms with van der Waals surface area (Å²) in [6.07, 6.45) is 1.50. The van der Waals surface area contributed by atoms with Crippen LogP contribution >= 0.6 is 0 Å². The van der Waals surface area contributed by atoms with E-state index in [0.717, 1.165) is 35.7 Å². The lowest BCUT2D eigenvalue weighted by Crippen LogP contribution is -2.22. The number of carbonyl (C=O) groups is 1. The molecular formula is C27H33F3N4O2. The van der Waals surface area contributed by atoms with Crippen LogP contribution in [0.15, 0.2) is 36.5 Å². The van der Waals surface area contributed by atoms with E-state index < -0.39 is 23.4 Å². The maximum absolute atomic E-state index is 13.0. The summed E-state index contributed by atoms with van der Waals surface area (Å²) in [6, 6.07) is 7.33. The van der Waals surface area contributed by atoms with Crippen LogP contribution in [-0.4, -0.2) is 25.8 Å². The van der Waals surface area contributed by atoms with Crippen molar-refractivity contribution in [2.45, 2.75) is 77.6 Å². The molecule has 1 aromatic carbocycles. The van der Waals surface area contributed by atoms with Gasteiger partial charge in [0.25, 0.3) is 0 Å². The van der Waals surface area contributed by atoms with Crippen LogP contribution in [0.2, 0.25) is 0 Å². The number of alkyl halides is 3. The molecule has 6 nitrogen and oxygen atoms in total. The first kappa shape index (κ1) is 26.1. The van der Waals surface area contributed by atoms with Crippen LogP contribution in [-0.2, 0) is 23.0 Å². The Balaban J connectivity index is 1.57. The summed E-state index contributed by atoms with van der Waals surface area (Å²) in [5.74, 6) is 0.890. The van der Waals surface area contributed by atoms with Crippen LogP contribution in [0.4, 0.5) is 18.9 Å². The number of hydrogen-bond donors (Lipinski definition) is 2. The number of nitrogens with zero attached hydrogens (tertiary/aromatic N) is 3. The van der Waals surface area contributed by atoms with Crippen molar-refractivity contribution in [1.29, 1.82) is 0 Å². The van der Waals surface area contributed by atoms with Crippen LogP contribution in [0.25, 0.3) is 10.9 Å². The fourth-order valence-electron chi connectivity index (χ4n) is 5.02. The Morgan fingerprint density at radius 1 is 1.17 bits per heavy atom. The normalized spacial score (nSPS) is 19.1. The molecule has 2 heterocycles. The van der Waals surface area contributed by atoms with Gasteiger partial charge in [0.15, 0.2) is 0 Å². The topological polar surface area (TPSA) is 80.0 Å². The lowest BCUT2D eigenvalue weighted by Gasteiger charge is -2.30. The highest BCUT2D eigenvalue weighted by atomic mass is 19.4. The van der Waals surface area contributed by atoms with Crippen molar-refractivity contribution in [2.24, 2.45) is 11.8 Å². The average Bonchev–Trinajstić information content (AvgIpc) is 3.20. The number of amides is 1. The standard InChI is InChI=1S/C27H33F3N4O2/c1-16(2)17-8-10-20(11-9-17)34-15-18-12-23(21(26(3,4)36)14-22(18)33-34)32-25(35)13-19-6-5-7-24(31-19)27(28,29)30/h5-7,12,14-17,20,36H,8-11,13H2,1-4H3,(H,32,35)/t17-,20-. The molecule has 0 bridgehead atoms. The smallest absolute Gasteiger partial charge is 0.386 e. The Labute approximate surface area is 208 Å². The Morgan fingerprint density at radius 2 is 1.86 bits per heavy atom. The average molecular weight is 503 g/mol. The van der Waals surface area contributed by atoms with E-state index in [2.05, 4.69) is 24.1 Å². The molecule has 194 valence electrons. The fraction of sp³-hybridized carbons (Fsp3) is 0.519. The number of anilines is 1. The van der Waals surface area contributed by atoms with Gasteiger partial charge in [-0.1, -0.05) is 19.9 Å². The highest BCUT2D eigenvalue weighted by Gasteiger charge is 2.32. The number of halogens is 3. The third-order valence-electron chi connectivity index (χ3n) is 7.09. The Bertz CT molecular complexity index is 1240. The SMILES string of the molecule is CC(C)[C@H]1CC[C@H](n2cc3cc(NC(=O)Cc4cccc(C(F)(F)F)n4)c(C(C)(C)O)cc3n2)CC1. The van der Waals surface area contributed by atoms with Gasteiger partial charge in [-0.15, -0.1) is 0 Å². The molecule has 36 heavy (non-hydrogen) atoms. The molecule has 1 fully saturated rings. The number of nitrogens with one attached hydrogen (secondary N) is 1. The Morgan fingerprint density at radius 3 is 2.47 bits per heavy atom. The van der Waals surface area contributed by atoms with E-state index >= 15 is 0 Å². The van der Waals surface area contributed by atoms with Crippen LogP contribution in [0.3, 0.4) is 0 Å². The molecular weight excluding hydrogens is 469 g/mol. The quantitative estimate of drug-likeness (QED) is 0.418. The van der Waals surface area contributed by atoms with Gasteiger partial charge >= 0.3 is 6.18 Å². The lowest BCUT2D eigenvalue weighted by atomic mass is 9.80. The van der Waals surface area contributed by atoms with E-state index in [4.69, 9.17) is 5.10 Å². The molecule has 0 saturated heterocycles. The Hall–Kier alpha value is -2.94. The summed E-state index contributed by atoms with van der Waals surface area (Å²) < 4.78 is 40.9. The molecule has 1 amide bonds. The van der Waals surface area contributed by atoms with Gasteiger partial charge < -0.3 is 10.4 Å². The van der Waals surface area contributed by atoms with Gasteiger partial charge in [0, 0.05) is 22.8 Å². The summed E-state index contributed by atoms with van der Waals surface area (Å²) in [4.78, 5) is 16.3. The van der Waals surface area contributed by atoms with Crippen LogP contribution in [0, 0.1) is 11.8 Å². The molecule has 3 aromatic rings. The summed E-state index contributed by atoms with van der Waals surface area (Å²) >= 11 is 0. The van der Waals surface area contributed by atoms with Crippen LogP contribution in [0.1, 0.15) is 76.4 Å². The predicted octanol–water partition coefficient (Wildman–Crippen LogP) is 6.25. The molecule has 0 atom stereocenters. The summed E-state index contributed by atoms with van der Waals surface area (Å²) in [5, 5.41) is 19.1. The van der Waals surface area contributed by atoms with Crippen LogP contribution in [0.5, 0.6) is 0 Å². The summed E-state index contributed by atoms with van der Waals surface area (Å²) in [5.41, 5.74) is -0.705. The van der Waals surface area contributed by atoms with Gasteiger partial charge in [0.05, 0.1) is 29.3 Å². The first-order chi connectivity index (χ1) is 16.8. The van der Waals surface area contributed by atoms with Gasteiger partial charge in [-0.05, 0) is 75.6 Å². The molecule has 0 unspecified atom stereocenters. The second-order valence-corrected chi connectivity index (χ2v) is 10.7. The summed E-state index contributed by atoms with van der Waals surface area (Å²) in [7, 11) is 0.